The maximum absolute atomic E-state index is 5.42. The van der Waals surface area contributed by atoms with Gasteiger partial charge in [-0.3, -0.25) is 0 Å². The molecular weight excluding hydrogens is 218 g/mol. The summed E-state index contributed by atoms with van der Waals surface area (Å²) < 4.78 is 10.6. The number of rotatable bonds is 5. The molecule has 0 saturated carbocycles. The van der Waals surface area contributed by atoms with E-state index in [1.165, 1.54) is 12.8 Å². The zero-order valence-electron chi connectivity index (χ0n) is 10.6. The smallest absolute Gasteiger partial charge is 0.252 e. The van der Waals surface area contributed by atoms with Crippen LogP contribution in [-0.2, 0) is 17.8 Å². The van der Waals surface area contributed by atoms with Gasteiger partial charge in [-0.1, -0.05) is 5.16 Å². The van der Waals surface area contributed by atoms with Crippen LogP contribution < -0.4 is 5.32 Å². The van der Waals surface area contributed by atoms with Crippen molar-refractivity contribution >= 4 is 0 Å². The maximum atomic E-state index is 5.42. The van der Waals surface area contributed by atoms with Crippen LogP contribution in [0.4, 0.5) is 0 Å². The van der Waals surface area contributed by atoms with Crippen molar-refractivity contribution in [3.05, 3.63) is 11.7 Å². The normalized spacial score (nSPS) is 21.0. The second kappa shape index (κ2) is 6.12. The van der Waals surface area contributed by atoms with Gasteiger partial charge < -0.3 is 14.6 Å². The van der Waals surface area contributed by atoms with Crippen molar-refractivity contribution in [1.82, 2.24) is 15.5 Å². The number of nitrogens with zero attached hydrogens (tertiary/aromatic N) is 2. The van der Waals surface area contributed by atoms with E-state index >= 15 is 0 Å². The van der Waals surface area contributed by atoms with Crippen LogP contribution in [0.5, 0.6) is 0 Å². The van der Waals surface area contributed by atoms with Gasteiger partial charge in [0.15, 0.2) is 5.82 Å². The minimum atomic E-state index is 0.188. The Morgan fingerprint density at radius 3 is 3.12 bits per heavy atom. The minimum Gasteiger partial charge on any atom is -0.369 e. The molecule has 0 amide bonds. The summed E-state index contributed by atoms with van der Waals surface area (Å²) in [6.07, 6.45) is 3.58. The molecule has 96 valence electrons. The second-order valence-corrected chi connectivity index (χ2v) is 4.88. The highest BCUT2D eigenvalue weighted by atomic mass is 16.5. The van der Waals surface area contributed by atoms with Gasteiger partial charge in [0, 0.05) is 6.42 Å². The molecule has 17 heavy (non-hydrogen) atoms. The van der Waals surface area contributed by atoms with Crippen molar-refractivity contribution in [3.63, 3.8) is 0 Å². The summed E-state index contributed by atoms with van der Waals surface area (Å²) >= 11 is 0. The molecular formula is C12H21N3O2. The number of hydrogen-bond donors (Lipinski definition) is 1. The van der Waals surface area contributed by atoms with Crippen LogP contribution >= 0.6 is 0 Å². The number of nitrogens with one attached hydrogen (secondary N) is 1. The molecule has 1 fully saturated rings. The Morgan fingerprint density at radius 1 is 1.53 bits per heavy atom. The monoisotopic (exact) mass is 239 g/mol. The molecule has 1 atom stereocenters. The largest absolute Gasteiger partial charge is 0.369 e. The molecule has 1 aromatic rings. The highest BCUT2D eigenvalue weighted by Gasteiger charge is 2.16. The second-order valence-electron chi connectivity index (χ2n) is 4.88. The first-order chi connectivity index (χ1) is 8.24. The SMILES string of the molecule is CC(C)OCc1nc(CC2CCCNC2)no1. The minimum absolute atomic E-state index is 0.188. The first kappa shape index (κ1) is 12.5. The van der Waals surface area contributed by atoms with E-state index in [1.807, 2.05) is 13.8 Å². The molecule has 0 aromatic carbocycles. The fourth-order valence-electron chi connectivity index (χ4n) is 2.03. The van der Waals surface area contributed by atoms with Crippen LogP contribution in [-0.4, -0.2) is 29.3 Å². The molecule has 0 radical (unpaired) electrons. The zero-order chi connectivity index (χ0) is 12.1. The highest BCUT2D eigenvalue weighted by molar-refractivity contribution is 4.89. The predicted octanol–water partition coefficient (Wildman–Crippen LogP) is 1.54. The molecule has 1 aliphatic heterocycles. The lowest BCUT2D eigenvalue weighted by molar-refractivity contribution is 0.0485. The van der Waals surface area contributed by atoms with Crippen molar-refractivity contribution in [2.24, 2.45) is 5.92 Å². The third kappa shape index (κ3) is 4.09. The zero-order valence-corrected chi connectivity index (χ0v) is 10.6. The molecule has 2 heterocycles. The van der Waals surface area contributed by atoms with E-state index in [0.717, 1.165) is 25.3 Å². The summed E-state index contributed by atoms with van der Waals surface area (Å²) in [5.41, 5.74) is 0. The van der Waals surface area contributed by atoms with Crippen LogP contribution in [0.25, 0.3) is 0 Å². The average molecular weight is 239 g/mol. The predicted molar refractivity (Wildman–Crippen MR) is 63.5 cm³/mol. The Hall–Kier alpha value is -0.940. The molecule has 5 heteroatoms. The molecule has 1 saturated heterocycles. The van der Waals surface area contributed by atoms with Crippen LogP contribution in [0, 0.1) is 5.92 Å². The molecule has 2 rings (SSSR count). The molecule has 0 bridgehead atoms. The lowest BCUT2D eigenvalue weighted by Gasteiger charge is -2.20. The van der Waals surface area contributed by atoms with E-state index in [-0.39, 0.29) is 6.10 Å². The molecule has 0 spiro atoms. The summed E-state index contributed by atoms with van der Waals surface area (Å²) in [6.45, 7) is 6.59. The Morgan fingerprint density at radius 2 is 2.41 bits per heavy atom. The highest BCUT2D eigenvalue weighted by Crippen LogP contribution is 2.14. The Bertz CT molecular complexity index is 332. The van der Waals surface area contributed by atoms with Gasteiger partial charge in [-0.15, -0.1) is 0 Å². The standard InChI is InChI=1S/C12H21N3O2/c1-9(2)16-8-12-14-11(15-17-12)6-10-4-3-5-13-7-10/h9-10,13H,3-8H2,1-2H3. The van der Waals surface area contributed by atoms with Crippen molar-refractivity contribution in [1.29, 1.82) is 0 Å². The van der Waals surface area contributed by atoms with E-state index in [9.17, 15) is 0 Å². The lowest BCUT2D eigenvalue weighted by Crippen LogP contribution is -2.31. The fourth-order valence-corrected chi connectivity index (χ4v) is 2.03. The number of aromatic nitrogens is 2. The number of hydrogen-bond acceptors (Lipinski definition) is 5. The fraction of sp³-hybridized carbons (Fsp3) is 0.833. The Kier molecular flexibility index (Phi) is 4.50. The molecule has 1 unspecified atom stereocenters. The molecule has 1 aromatic heterocycles. The van der Waals surface area contributed by atoms with E-state index < -0.39 is 0 Å². The summed E-state index contributed by atoms with van der Waals surface area (Å²) in [5, 5.41) is 7.39. The Balaban J connectivity index is 1.80. The van der Waals surface area contributed by atoms with Gasteiger partial charge in [0.25, 0.3) is 5.89 Å². The van der Waals surface area contributed by atoms with E-state index in [2.05, 4.69) is 15.5 Å². The molecule has 1 N–H and O–H groups in total. The van der Waals surface area contributed by atoms with Gasteiger partial charge in [-0.05, 0) is 45.7 Å². The van der Waals surface area contributed by atoms with Crippen LogP contribution in [0.2, 0.25) is 0 Å². The molecule has 0 aliphatic carbocycles. The molecule has 5 nitrogen and oxygen atoms in total. The summed E-state index contributed by atoms with van der Waals surface area (Å²) in [5.74, 6) is 2.03. The van der Waals surface area contributed by atoms with E-state index in [0.29, 0.717) is 18.4 Å². The summed E-state index contributed by atoms with van der Waals surface area (Å²) in [7, 11) is 0. The first-order valence-corrected chi connectivity index (χ1v) is 6.38. The van der Waals surface area contributed by atoms with Crippen LogP contribution in [0.1, 0.15) is 38.4 Å². The van der Waals surface area contributed by atoms with Crippen molar-refractivity contribution < 1.29 is 9.26 Å². The van der Waals surface area contributed by atoms with Gasteiger partial charge in [0.05, 0.1) is 6.10 Å². The summed E-state index contributed by atoms with van der Waals surface area (Å²) in [6, 6.07) is 0. The van der Waals surface area contributed by atoms with Crippen LogP contribution in [0.15, 0.2) is 4.52 Å². The lowest BCUT2D eigenvalue weighted by atomic mass is 9.96. The van der Waals surface area contributed by atoms with Gasteiger partial charge in [-0.2, -0.15) is 4.98 Å². The van der Waals surface area contributed by atoms with E-state index in [1.54, 1.807) is 0 Å². The van der Waals surface area contributed by atoms with Crippen molar-refractivity contribution in [3.8, 4) is 0 Å². The van der Waals surface area contributed by atoms with Crippen molar-refractivity contribution in [2.75, 3.05) is 13.1 Å². The number of piperidine rings is 1. The van der Waals surface area contributed by atoms with Gasteiger partial charge in [0.1, 0.15) is 6.61 Å². The van der Waals surface area contributed by atoms with Gasteiger partial charge in [-0.25, -0.2) is 0 Å². The van der Waals surface area contributed by atoms with Crippen LogP contribution in [0.3, 0.4) is 0 Å². The van der Waals surface area contributed by atoms with Gasteiger partial charge in [0.2, 0.25) is 0 Å². The molecule has 1 aliphatic rings. The first-order valence-electron chi connectivity index (χ1n) is 6.38. The van der Waals surface area contributed by atoms with Crippen molar-refractivity contribution in [2.45, 2.75) is 45.8 Å². The van der Waals surface area contributed by atoms with Gasteiger partial charge >= 0.3 is 0 Å². The third-order valence-corrected chi connectivity index (χ3v) is 2.92. The summed E-state index contributed by atoms with van der Waals surface area (Å²) in [4.78, 5) is 4.35. The maximum Gasteiger partial charge on any atom is 0.252 e. The third-order valence-electron chi connectivity index (χ3n) is 2.92. The Labute approximate surface area is 102 Å². The quantitative estimate of drug-likeness (QED) is 0.844. The number of ether oxygens (including phenoxy) is 1. The topological polar surface area (TPSA) is 60.2 Å². The van der Waals surface area contributed by atoms with E-state index in [4.69, 9.17) is 9.26 Å². The average Bonchev–Trinajstić information content (AvgIpc) is 2.75.